The Morgan fingerprint density at radius 1 is 0.373 bits per heavy atom. The summed E-state index contributed by atoms with van der Waals surface area (Å²) in [5.74, 6) is 1.44. The van der Waals surface area contributed by atoms with Gasteiger partial charge in [-0.15, -0.1) is 0 Å². The summed E-state index contributed by atoms with van der Waals surface area (Å²) in [7, 11) is 0. The third kappa shape index (κ3) is 5.26. The molecule has 240 valence electrons. The molecule has 51 heavy (non-hydrogen) atoms. The van der Waals surface area contributed by atoms with Crippen molar-refractivity contribution in [2.45, 2.75) is 5.92 Å². The van der Waals surface area contributed by atoms with Crippen molar-refractivity contribution in [3.63, 3.8) is 0 Å². The Balaban J connectivity index is 1.10. The van der Waals surface area contributed by atoms with Crippen molar-refractivity contribution < 1.29 is 4.42 Å². The van der Waals surface area contributed by atoms with Crippen molar-refractivity contribution in [2.24, 2.45) is 5.92 Å². The van der Waals surface area contributed by atoms with E-state index in [-0.39, 0.29) is 11.8 Å². The van der Waals surface area contributed by atoms with Gasteiger partial charge in [0.1, 0.15) is 11.3 Å². The Kier molecular flexibility index (Phi) is 7.03. The minimum absolute atomic E-state index is 0.216. The normalized spacial score (nSPS) is 16.2. The highest BCUT2D eigenvalue weighted by atomic mass is 16.3. The van der Waals surface area contributed by atoms with Crippen LogP contribution in [0.2, 0.25) is 0 Å². The van der Waals surface area contributed by atoms with Crippen LogP contribution in [-0.4, -0.2) is 0 Å². The fourth-order valence-electron chi connectivity index (χ4n) is 8.08. The predicted octanol–water partition coefficient (Wildman–Crippen LogP) is 13.6. The minimum Gasteiger partial charge on any atom is -0.456 e. The van der Waals surface area contributed by atoms with E-state index in [1.807, 2.05) is 0 Å². The SMILES string of the molecule is C1=CC2C(c3ccccc3)=Cc3oc4ccc(-c5cc(-c6ccccc6)cc(-c6ccc7cc(-c8ccccc8)ccc7c6)c5)cc4c3C2C=C1. The van der Waals surface area contributed by atoms with Gasteiger partial charge in [0, 0.05) is 22.8 Å². The Morgan fingerprint density at radius 2 is 0.863 bits per heavy atom. The van der Waals surface area contributed by atoms with Crippen LogP contribution in [0.25, 0.3) is 77.9 Å². The highest BCUT2D eigenvalue weighted by Crippen LogP contribution is 2.50. The first-order chi connectivity index (χ1) is 25.2. The van der Waals surface area contributed by atoms with Crippen molar-refractivity contribution in [1.29, 1.82) is 0 Å². The first kappa shape index (κ1) is 29.5. The molecule has 0 saturated heterocycles. The van der Waals surface area contributed by atoms with Gasteiger partial charge < -0.3 is 4.42 Å². The topological polar surface area (TPSA) is 13.1 Å². The number of benzene rings is 7. The molecule has 0 N–H and O–H groups in total. The second kappa shape index (κ2) is 12.2. The van der Waals surface area contributed by atoms with Crippen LogP contribution in [0.3, 0.4) is 0 Å². The molecule has 0 radical (unpaired) electrons. The van der Waals surface area contributed by atoms with E-state index in [0.717, 1.165) is 11.3 Å². The maximum absolute atomic E-state index is 6.61. The van der Waals surface area contributed by atoms with Crippen molar-refractivity contribution in [1.82, 2.24) is 0 Å². The molecule has 2 unspecified atom stereocenters. The zero-order chi connectivity index (χ0) is 33.7. The van der Waals surface area contributed by atoms with E-state index in [1.54, 1.807) is 0 Å². The summed E-state index contributed by atoms with van der Waals surface area (Å²) >= 11 is 0. The standard InChI is InChI=1S/C50H34O/c1-4-12-33(13-5-1)36-20-21-38-27-39(23-22-37(38)26-36)42-28-41(34-14-6-2-7-15-34)29-43(30-42)40-24-25-48-47(31-40)50-45-19-11-10-18-44(45)46(32-49(50)51-48)35-16-8-3-9-17-35/h1-32,44-45H. The van der Waals surface area contributed by atoms with Crippen molar-refractivity contribution in [3.05, 3.63) is 205 Å². The summed E-state index contributed by atoms with van der Waals surface area (Å²) in [5, 5.41) is 3.66. The molecule has 0 bridgehead atoms. The van der Waals surface area contributed by atoms with E-state index >= 15 is 0 Å². The van der Waals surface area contributed by atoms with Gasteiger partial charge in [0.15, 0.2) is 0 Å². The number of hydrogen-bond acceptors (Lipinski definition) is 1. The van der Waals surface area contributed by atoms with Gasteiger partial charge in [0.2, 0.25) is 0 Å². The minimum atomic E-state index is 0.216. The molecule has 2 atom stereocenters. The fourth-order valence-corrected chi connectivity index (χ4v) is 8.08. The zero-order valence-electron chi connectivity index (χ0n) is 28.0. The van der Waals surface area contributed by atoms with E-state index in [0.29, 0.717) is 0 Å². The molecule has 0 fully saturated rings. The van der Waals surface area contributed by atoms with Crippen LogP contribution in [0.5, 0.6) is 0 Å². The van der Waals surface area contributed by atoms with E-state index < -0.39 is 0 Å². The summed E-state index contributed by atoms with van der Waals surface area (Å²) < 4.78 is 6.61. The summed E-state index contributed by atoms with van der Waals surface area (Å²) in [6.07, 6.45) is 11.3. The van der Waals surface area contributed by atoms with Gasteiger partial charge in [-0.05, 0) is 115 Å². The Bertz CT molecular complexity index is 2670. The van der Waals surface area contributed by atoms with Crippen LogP contribution in [0, 0.1) is 5.92 Å². The highest BCUT2D eigenvalue weighted by Gasteiger charge is 2.34. The number of furan rings is 1. The maximum atomic E-state index is 6.61. The van der Waals surface area contributed by atoms with Crippen LogP contribution in [-0.2, 0) is 0 Å². The number of fused-ring (bicyclic) bond motifs is 6. The van der Waals surface area contributed by atoms with Gasteiger partial charge in [-0.3, -0.25) is 0 Å². The Labute approximate surface area is 298 Å². The molecular weight excluding hydrogens is 617 g/mol. The van der Waals surface area contributed by atoms with Crippen LogP contribution in [0.1, 0.15) is 22.8 Å². The molecule has 1 aromatic heterocycles. The molecule has 7 aromatic carbocycles. The molecule has 1 heteroatoms. The molecular formula is C50H34O. The van der Waals surface area contributed by atoms with E-state index in [2.05, 4.69) is 194 Å². The average molecular weight is 651 g/mol. The van der Waals surface area contributed by atoms with Crippen molar-refractivity contribution in [3.8, 4) is 44.5 Å². The molecule has 8 aromatic rings. The molecule has 0 spiro atoms. The maximum Gasteiger partial charge on any atom is 0.135 e. The van der Waals surface area contributed by atoms with Gasteiger partial charge in [-0.2, -0.15) is 0 Å². The van der Waals surface area contributed by atoms with Gasteiger partial charge in [-0.25, -0.2) is 0 Å². The Morgan fingerprint density at radius 3 is 1.49 bits per heavy atom. The van der Waals surface area contributed by atoms with Crippen LogP contribution in [0.15, 0.2) is 193 Å². The van der Waals surface area contributed by atoms with Gasteiger partial charge >= 0.3 is 0 Å². The van der Waals surface area contributed by atoms with Crippen molar-refractivity contribution in [2.75, 3.05) is 0 Å². The molecule has 0 amide bonds. The lowest BCUT2D eigenvalue weighted by Gasteiger charge is -2.30. The lowest BCUT2D eigenvalue weighted by atomic mass is 9.72. The van der Waals surface area contributed by atoms with Crippen LogP contribution in [0.4, 0.5) is 0 Å². The first-order valence-electron chi connectivity index (χ1n) is 17.7. The average Bonchev–Trinajstić information content (AvgIpc) is 3.59. The molecule has 10 rings (SSSR count). The first-order valence-corrected chi connectivity index (χ1v) is 17.7. The summed E-state index contributed by atoms with van der Waals surface area (Å²) in [6, 6.07) is 59.4. The molecule has 1 nitrogen and oxygen atoms in total. The molecule has 1 heterocycles. The second-order valence-corrected chi connectivity index (χ2v) is 13.7. The zero-order valence-corrected chi connectivity index (χ0v) is 28.0. The summed E-state index contributed by atoms with van der Waals surface area (Å²) in [6.45, 7) is 0. The molecule has 0 saturated carbocycles. The number of hydrogen-bond donors (Lipinski definition) is 0. The monoisotopic (exact) mass is 650 g/mol. The van der Waals surface area contributed by atoms with Crippen molar-refractivity contribution >= 4 is 33.4 Å². The fraction of sp³-hybridized carbons (Fsp3) is 0.0400. The smallest absolute Gasteiger partial charge is 0.135 e. The quantitative estimate of drug-likeness (QED) is 0.181. The summed E-state index contributed by atoms with van der Waals surface area (Å²) in [5.41, 5.74) is 14.4. The molecule has 2 aliphatic rings. The lowest BCUT2D eigenvalue weighted by molar-refractivity contribution is 0.581. The highest BCUT2D eigenvalue weighted by molar-refractivity contribution is 5.97. The molecule has 2 aliphatic carbocycles. The third-order valence-corrected chi connectivity index (χ3v) is 10.6. The number of rotatable bonds is 5. The predicted molar refractivity (Wildman–Crippen MR) is 214 cm³/mol. The van der Waals surface area contributed by atoms with Crippen LogP contribution >= 0.6 is 0 Å². The summed E-state index contributed by atoms with van der Waals surface area (Å²) in [4.78, 5) is 0. The molecule has 0 aliphatic heterocycles. The van der Waals surface area contributed by atoms with Gasteiger partial charge in [-0.1, -0.05) is 146 Å². The third-order valence-electron chi connectivity index (χ3n) is 10.6. The van der Waals surface area contributed by atoms with Crippen LogP contribution < -0.4 is 0 Å². The largest absolute Gasteiger partial charge is 0.456 e. The van der Waals surface area contributed by atoms with Gasteiger partial charge in [0.05, 0.1) is 0 Å². The number of allylic oxidation sites excluding steroid dienone is 5. The van der Waals surface area contributed by atoms with Gasteiger partial charge in [0.25, 0.3) is 0 Å². The van der Waals surface area contributed by atoms with E-state index in [1.165, 1.54) is 77.4 Å². The van der Waals surface area contributed by atoms with E-state index in [9.17, 15) is 0 Å². The van der Waals surface area contributed by atoms with E-state index in [4.69, 9.17) is 4.42 Å². The Hall–Kier alpha value is -6.44. The lowest BCUT2D eigenvalue weighted by Crippen LogP contribution is -2.17. The second-order valence-electron chi connectivity index (χ2n) is 13.7.